The normalized spacial score (nSPS) is 27.1. The molecule has 2 nitrogen and oxygen atoms in total. The third-order valence-corrected chi connectivity index (χ3v) is 4.72. The number of aliphatic hydroxyl groups is 1. The molecule has 1 aromatic carbocycles. The van der Waals surface area contributed by atoms with Crippen molar-refractivity contribution in [1.29, 1.82) is 0 Å². The summed E-state index contributed by atoms with van der Waals surface area (Å²) < 4.78 is 0. The predicted molar refractivity (Wildman–Crippen MR) is 80.3 cm³/mol. The Kier molecular flexibility index (Phi) is 5.00. The van der Waals surface area contributed by atoms with E-state index in [2.05, 4.69) is 49.2 Å². The maximum atomic E-state index is 10.5. The summed E-state index contributed by atoms with van der Waals surface area (Å²) in [6.07, 6.45) is 6.37. The van der Waals surface area contributed by atoms with Crippen LogP contribution in [0.2, 0.25) is 0 Å². The van der Waals surface area contributed by atoms with Crippen LogP contribution in [-0.2, 0) is 6.42 Å². The number of benzene rings is 1. The van der Waals surface area contributed by atoms with Crippen LogP contribution >= 0.6 is 0 Å². The van der Waals surface area contributed by atoms with Gasteiger partial charge in [-0.3, -0.25) is 4.90 Å². The average Bonchev–Trinajstić information content (AvgIpc) is 2.80. The first kappa shape index (κ1) is 14.5. The Hall–Kier alpha value is -0.860. The summed E-state index contributed by atoms with van der Waals surface area (Å²) in [5, 5.41) is 10.5. The molecule has 1 aromatic rings. The van der Waals surface area contributed by atoms with E-state index < -0.39 is 0 Å². The zero-order valence-electron chi connectivity index (χ0n) is 12.3. The second kappa shape index (κ2) is 6.53. The molecular formula is C17H27NO. The summed E-state index contributed by atoms with van der Waals surface area (Å²) in [5.41, 5.74) is 1.39. The Balaban J connectivity index is 2.06. The molecule has 2 rings (SSSR count). The summed E-state index contributed by atoms with van der Waals surface area (Å²) >= 11 is 0. The highest BCUT2D eigenvalue weighted by Crippen LogP contribution is 2.38. The molecule has 19 heavy (non-hydrogen) atoms. The van der Waals surface area contributed by atoms with Crippen molar-refractivity contribution in [2.45, 2.75) is 57.1 Å². The van der Waals surface area contributed by atoms with Gasteiger partial charge in [-0.2, -0.15) is 0 Å². The molecule has 0 amide bonds. The molecule has 0 aliphatic heterocycles. The third kappa shape index (κ3) is 3.18. The minimum absolute atomic E-state index is 0.00580. The van der Waals surface area contributed by atoms with Gasteiger partial charge < -0.3 is 5.11 Å². The standard InChI is InChI=1S/C17H27NO/c1-3-14-18(2)17(12-7-10-16(17)19)13-11-15-8-5-4-6-9-15/h4-6,8-9,16,19H,3,7,10-14H2,1-2H3. The lowest BCUT2D eigenvalue weighted by molar-refractivity contribution is -0.00285. The van der Waals surface area contributed by atoms with Crippen LogP contribution in [0, 0.1) is 0 Å². The number of likely N-dealkylation sites (N-methyl/N-ethyl adjacent to an activating group) is 1. The zero-order chi connectivity index (χ0) is 13.7. The van der Waals surface area contributed by atoms with Crippen LogP contribution in [0.3, 0.4) is 0 Å². The van der Waals surface area contributed by atoms with Crippen molar-refractivity contribution in [1.82, 2.24) is 4.90 Å². The van der Waals surface area contributed by atoms with Gasteiger partial charge in [-0.05, 0) is 57.7 Å². The van der Waals surface area contributed by atoms with E-state index in [9.17, 15) is 5.11 Å². The Labute approximate surface area is 117 Å². The zero-order valence-corrected chi connectivity index (χ0v) is 12.3. The van der Waals surface area contributed by atoms with E-state index in [0.29, 0.717) is 0 Å². The fourth-order valence-corrected chi connectivity index (χ4v) is 3.53. The maximum Gasteiger partial charge on any atom is 0.0723 e. The number of aliphatic hydroxyl groups excluding tert-OH is 1. The molecule has 2 heteroatoms. The molecule has 1 aliphatic carbocycles. The smallest absolute Gasteiger partial charge is 0.0723 e. The Bertz CT molecular complexity index is 378. The fourth-order valence-electron chi connectivity index (χ4n) is 3.53. The maximum absolute atomic E-state index is 10.5. The molecule has 2 atom stereocenters. The monoisotopic (exact) mass is 261 g/mol. The summed E-state index contributed by atoms with van der Waals surface area (Å²) in [6.45, 7) is 3.29. The van der Waals surface area contributed by atoms with E-state index in [0.717, 1.165) is 45.1 Å². The average molecular weight is 261 g/mol. The number of rotatable bonds is 6. The van der Waals surface area contributed by atoms with Gasteiger partial charge in [-0.25, -0.2) is 0 Å². The molecule has 0 saturated heterocycles. The lowest BCUT2D eigenvalue weighted by atomic mass is 9.86. The van der Waals surface area contributed by atoms with Gasteiger partial charge in [0.25, 0.3) is 0 Å². The van der Waals surface area contributed by atoms with E-state index in [1.54, 1.807) is 0 Å². The summed E-state index contributed by atoms with van der Waals surface area (Å²) in [7, 11) is 2.18. The quantitative estimate of drug-likeness (QED) is 0.849. The highest BCUT2D eigenvalue weighted by molar-refractivity contribution is 5.16. The Morgan fingerprint density at radius 1 is 1.32 bits per heavy atom. The molecule has 0 aromatic heterocycles. The molecule has 0 bridgehead atoms. The number of aryl methyl sites for hydroxylation is 1. The van der Waals surface area contributed by atoms with Crippen LogP contribution in [0.25, 0.3) is 0 Å². The highest BCUT2D eigenvalue weighted by Gasteiger charge is 2.44. The molecule has 0 heterocycles. The lowest BCUT2D eigenvalue weighted by Gasteiger charge is -2.42. The van der Waals surface area contributed by atoms with Gasteiger partial charge in [0.15, 0.2) is 0 Å². The van der Waals surface area contributed by atoms with Gasteiger partial charge in [-0.15, -0.1) is 0 Å². The fraction of sp³-hybridized carbons (Fsp3) is 0.647. The molecule has 0 spiro atoms. The van der Waals surface area contributed by atoms with E-state index >= 15 is 0 Å². The van der Waals surface area contributed by atoms with Crippen molar-refractivity contribution < 1.29 is 5.11 Å². The molecule has 0 radical (unpaired) electrons. The second-order valence-corrected chi connectivity index (χ2v) is 5.92. The SMILES string of the molecule is CCCN(C)C1(CCc2ccccc2)CCCC1O. The lowest BCUT2D eigenvalue weighted by Crippen LogP contribution is -2.52. The van der Waals surface area contributed by atoms with Gasteiger partial charge in [0.2, 0.25) is 0 Å². The van der Waals surface area contributed by atoms with Crippen molar-refractivity contribution in [3.8, 4) is 0 Å². The third-order valence-electron chi connectivity index (χ3n) is 4.72. The second-order valence-electron chi connectivity index (χ2n) is 5.92. The molecule has 106 valence electrons. The minimum Gasteiger partial charge on any atom is -0.391 e. The Morgan fingerprint density at radius 2 is 2.05 bits per heavy atom. The van der Waals surface area contributed by atoms with Crippen molar-refractivity contribution in [2.24, 2.45) is 0 Å². The molecule has 1 saturated carbocycles. The predicted octanol–water partition coefficient (Wildman–Crippen LogP) is 3.24. The van der Waals surface area contributed by atoms with Crippen molar-refractivity contribution in [2.75, 3.05) is 13.6 Å². The number of hydrogen-bond acceptors (Lipinski definition) is 2. The van der Waals surface area contributed by atoms with Crippen LogP contribution in [-0.4, -0.2) is 35.2 Å². The van der Waals surface area contributed by atoms with Crippen LogP contribution in [0.5, 0.6) is 0 Å². The molecule has 1 fully saturated rings. The molecule has 2 unspecified atom stereocenters. The topological polar surface area (TPSA) is 23.5 Å². The molecular weight excluding hydrogens is 234 g/mol. The first-order chi connectivity index (χ1) is 9.19. The first-order valence-electron chi connectivity index (χ1n) is 7.62. The largest absolute Gasteiger partial charge is 0.391 e. The van der Waals surface area contributed by atoms with Gasteiger partial charge in [0, 0.05) is 5.54 Å². The van der Waals surface area contributed by atoms with Gasteiger partial charge in [0.1, 0.15) is 0 Å². The molecule has 1 aliphatic rings. The van der Waals surface area contributed by atoms with Gasteiger partial charge in [-0.1, -0.05) is 37.3 Å². The van der Waals surface area contributed by atoms with Crippen molar-refractivity contribution in [3.05, 3.63) is 35.9 Å². The first-order valence-corrected chi connectivity index (χ1v) is 7.62. The Morgan fingerprint density at radius 3 is 2.63 bits per heavy atom. The van der Waals surface area contributed by atoms with E-state index in [4.69, 9.17) is 0 Å². The summed E-state index contributed by atoms with van der Waals surface area (Å²) in [4.78, 5) is 2.41. The number of hydrogen-bond donors (Lipinski definition) is 1. The van der Waals surface area contributed by atoms with E-state index in [-0.39, 0.29) is 11.6 Å². The van der Waals surface area contributed by atoms with Crippen LogP contribution in [0.1, 0.15) is 44.6 Å². The van der Waals surface area contributed by atoms with Crippen molar-refractivity contribution in [3.63, 3.8) is 0 Å². The van der Waals surface area contributed by atoms with Crippen molar-refractivity contribution >= 4 is 0 Å². The van der Waals surface area contributed by atoms with Crippen LogP contribution < -0.4 is 0 Å². The van der Waals surface area contributed by atoms with Crippen LogP contribution in [0.15, 0.2) is 30.3 Å². The minimum atomic E-state index is -0.159. The van der Waals surface area contributed by atoms with Gasteiger partial charge >= 0.3 is 0 Å². The van der Waals surface area contributed by atoms with Gasteiger partial charge in [0.05, 0.1) is 6.10 Å². The van der Waals surface area contributed by atoms with Crippen LogP contribution in [0.4, 0.5) is 0 Å². The summed E-state index contributed by atoms with van der Waals surface area (Å²) in [5.74, 6) is 0. The molecule has 1 N–H and O–H groups in total. The highest BCUT2D eigenvalue weighted by atomic mass is 16.3. The van der Waals surface area contributed by atoms with E-state index in [1.165, 1.54) is 5.56 Å². The number of nitrogens with zero attached hydrogens (tertiary/aromatic N) is 1. The van der Waals surface area contributed by atoms with E-state index in [1.807, 2.05) is 0 Å². The summed E-state index contributed by atoms with van der Waals surface area (Å²) in [6, 6.07) is 10.6.